The van der Waals surface area contributed by atoms with Crippen molar-refractivity contribution in [3.63, 3.8) is 0 Å². The zero-order valence-corrected chi connectivity index (χ0v) is 7.90. The predicted octanol–water partition coefficient (Wildman–Crippen LogP) is 0.333. The summed E-state index contributed by atoms with van der Waals surface area (Å²) in [4.78, 5) is 23.5. The number of hydrogen-bond acceptors (Lipinski definition) is 2. The van der Waals surface area contributed by atoms with E-state index in [0.29, 0.717) is 19.5 Å². The van der Waals surface area contributed by atoms with E-state index in [1.807, 2.05) is 0 Å². The molecule has 1 atom stereocenters. The molecule has 14 heavy (non-hydrogen) atoms. The minimum Gasteiger partial charge on any atom is -0.481 e. The summed E-state index contributed by atoms with van der Waals surface area (Å²) in [5, 5.41) is 8.71. The third-order valence-corrected chi connectivity index (χ3v) is 2.31. The first-order valence-electron chi connectivity index (χ1n) is 4.59. The summed E-state index contributed by atoms with van der Waals surface area (Å²) in [5.74, 6) is 0.987. The molecular formula is C10H13NO3. The van der Waals surface area contributed by atoms with Gasteiger partial charge >= 0.3 is 5.97 Å². The van der Waals surface area contributed by atoms with E-state index >= 15 is 0 Å². The standard InChI is InChI=1S/C10H13NO3/c1-2-3-4-5-11-7-8(10(13)14)6-9(11)12/h1,8H,3-7H2,(H,13,14). The van der Waals surface area contributed by atoms with Gasteiger partial charge in [0.15, 0.2) is 0 Å². The number of carbonyl (C=O) groups excluding carboxylic acids is 1. The molecule has 0 radical (unpaired) electrons. The van der Waals surface area contributed by atoms with Gasteiger partial charge < -0.3 is 10.0 Å². The number of terminal acetylenes is 1. The molecule has 0 aromatic heterocycles. The van der Waals surface area contributed by atoms with Crippen LogP contribution in [-0.2, 0) is 9.59 Å². The molecule has 1 fully saturated rings. The van der Waals surface area contributed by atoms with Gasteiger partial charge in [0.25, 0.3) is 0 Å². The lowest BCUT2D eigenvalue weighted by Crippen LogP contribution is -2.27. The van der Waals surface area contributed by atoms with E-state index in [0.717, 1.165) is 6.42 Å². The Kier molecular flexibility index (Phi) is 3.52. The topological polar surface area (TPSA) is 57.6 Å². The third kappa shape index (κ3) is 2.49. The maximum absolute atomic E-state index is 11.3. The molecule has 0 aliphatic carbocycles. The summed E-state index contributed by atoms with van der Waals surface area (Å²) < 4.78 is 0. The normalized spacial score (nSPS) is 20.9. The zero-order chi connectivity index (χ0) is 10.6. The lowest BCUT2D eigenvalue weighted by atomic mass is 10.1. The quantitative estimate of drug-likeness (QED) is 0.519. The molecule has 1 N–H and O–H groups in total. The van der Waals surface area contributed by atoms with Crippen LogP contribution in [0.3, 0.4) is 0 Å². The molecule has 1 saturated heterocycles. The van der Waals surface area contributed by atoms with Gasteiger partial charge in [-0.2, -0.15) is 0 Å². The van der Waals surface area contributed by atoms with Crippen molar-refractivity contribution in [2.24, 2.45) is 5.92 Å². The van der Waals surface area contributed by atoms with E-state index in [1.54, 1.807) is 4.90 Å². The second-order valence-corrected chi connectivity index (χ2v) is 3.39. The number of aliphatic carboxylic acids is 1. The van der Waals surface area contributed by atoms with Crippen molar-refractivity contribution < 1.29 is 14.7 Å². The number of hydrogen-bond donors (Lipinski definition) is 1. The summed E-state index contributed by atoms with van der Waals surface area (Å²) in [6, 6.07) is 0. The Morgan fingerprint density at radius 2 is 2.43 bits per heavy atom. The van der Waals surface area contributed by atoms with E-state index < -0.39 is 11.9 Å². The Morgan fingerprint density at radius 3 is 2.93 bits per heavy atom. The molecule has 4 heteroatoms. The van der Waals surface area contributed by atoms with E-state index in [4.69, 9.17) is 11.5 Å². The van der Waals surface area contributed by atoms with Gasteiger partial charge in [0.05, 0.1) is 5.92 Å². The molecule has 1 rings (SSSR count). The molecule has 1 amide bonds. The summed E-state index contributed by atoms with van der Waals surface area (Å²) in [5.41, 5.74) is 0. The first-order valence-corrected chi connectivity index (χ1v) is 4.59. The highest BCUT2D eigenvalue weighted by atomic mass is 16.4. The van der Waals surface area contributed by atoms with Crippen LogP contribution in [0.5, 0.6) is 0 Å². The highest BCUT2D eigenvalue weighted by molar-refractivity contribution is 5.86. The molecule has 0 aromatic rings. The first kappa shape index (κ1) is 10.6. The van der Waals surface area contributed by atoms with E-state index in [-0.39, 0.29) is 12.3 Å². The summed E-state index contributed by atoms with van der Waals surface area (Å²) in [6.45, 7) is 0.908. The lowest BCUT2D eigenvalue weighted by molar-refractivity contribution is -0.141. The number of carbonyl (C=O) groups is 2. The van der Waals surface area contributed by atoms with E-state index in [9.17, 15) is 9.59 Å². The number of carboxylic acid groups (broad SMARTS) is 1. The van der Waals surface area contributed by atoms with E-state index in [1.165, 1.54) is 0 Å². The minimum atomic E-state index is -0.891. The Hall–Kier alpha value is -1.50. The molecule has 1 aliphatic heterocycles. The van der Waals surface area contributed by atoms with Gasteiger partial charge in [-0.1, -0.05) is 0 Å². The maximum atomic E-state index is 11.3. The Morgan fingerprint density at radius 1 is 1.71 bits per heavy atom. The first-order chi connectivity index (χ1) is 6.65. The molecule has 0 saturated carbocycles. The molecule has 1 heterocycles. The van der Waals surface area contributed by atoms with Crippen molar-refractivity contribution in [3.05, 3.63) is 0 Å². The van der Waals surface area contributed by atoms with Crippen LogP contribution in [0.4, 0.5) is 0 Å². The Labute approximate surface area is 82.9 Å². The monoisotopic (exact) mass is 195 g/mol. The van der Waals surface area contributed by atoms with Crippen molar-refractivity contribution in [2.45, 2.75) is 19.3 Å². The Bertz CT molecular complexity index is 280. The van der Waals surface area contributed by atoms with Gasteiger partial charge in [-0.05, 0) is 6.42 Å². The fourth-order valence-electron chi connectivity index (χ4n) is 1.53. The maximum Gasteiger partial charge on any atom is 0.308 e. The molecule has 1 unspecified atom stereocenters. The van der Waals surface area contributed by atoms with Crippen LogP contribution < -0.4 is 0 Å². The van der Waals surface area contributed by atoms with Crippen molar-refractivity contribution in [2.75, 3.05) is 13.1 Å². The second kappa shape index (κ2) is 4.66. The summed E-state index contributed by atoms with van der Waals surface area (Å²) in [6.07, 6.45) is 6.58. The van der Waals surface area contributed by atoms with Gasteiger partial charge in [-0.25, -0.2) is 0 Å². The number of likely N-dealkylation sites (tertiary alicyclic amines) is 1. The van der Waals surface area contributed by atoms with Crippen molar-refractivity contribution >= 4 is 11.9 Å². The van der Waals surface area contributed by atoms with Gasteiger partial charge in [0.2, 0.25) is 5.91 Å². The molecule has 0 spiro atoms. The molecule has 4 nitrogen and oxygen atoms in total. The number of amides is 1. The molecule has 0 bridgehead atoms. The molecule has 1 aliphatic rings. The number of unbranched alkanes of at least 4 members (excludes halogenated alkanes) is 1. The SMILES string of the molecule is C#CCCCN1CC(C(=O)O)CC1=O. The number of rotatable bonds is 4. The fourth-order valence-corrected chi connectivity index (χ4v) is 1.53. The van der Waals surface area contributed by atoms with Crippen molar-refractivity contribution in [3.8, 4) is 12.3 Å². The van der Waals surface area contributed by atoms with Crippen LogP contribution in [0.2, 0.25) is 0 Å². The fraction of sp³-hybridized carbons (Fsp3) is 0.600. The van der Waals surface area contributed by atoms with Crippen LogP contribution in [0.1, 0.15) is 19.3 Å². The van der Waals surface area contributed by atoms with Gasteiger partial charge in [0, 0.05) is 25.9 Å². The van der Waals surface area contributed by atoms with Crippen molar-refractivity contribution in [1.82, 2.24) is 4.90 Å². The van der Waals surface area contributed by atoms with Crippen LogP contribution in [0.15, 0.2) is 0 Å². The second-order valence-electron chi connectivity index (χ2n) is 3.39. The minimum absolute atomic E-state index is 0.0746. The third-order valence-electron chi connectivity index (χ3n) is 2.31. The van der Waals surface area contributed by atoms with Crippen molar-refractivity contribution in [1.29, 1.82) is 0 Å². The zero-order valence-electron chi connectivity index (χ0n) is 7.90. The highest BCUT2D eigenvalue weighted by Crippen LogP contribution is 2.18. The number of nitrogens with zero attached hydrogens (tertiary/aromatic N) is 1. The van der Waals surface area contributed by atoms with Gasteiger partial charge in [0.1, 0.15) is 0 Å². The van der Waals surface area contributed by atoms with Crippen LogP contribution in [-0.4, -0.2) is 35.0 Å². The van der Waals surface area contributed by atoms with Crippen LogP contribution >= 0.6 is 0 Å². The number of carboxylic acids is 1. The smallest absolute Gasteiger partial charge is 0.308 e. The average Bonchev–Trinajstić information content (AvgIpc) is 2.49. The Balaban J connectivity index is 2.38. The molecular weight excluding hydrogens is 182 g/mol. The van der Waals surface area contributed by atoms with Crippen LogP contribution in [0.25, 0.3) is 0 Å². The molecule has 0 aromatic carbocycles. The largest absolute Gasteiger partial charge is 0.481 e. The highest BCUT2D eigenvalue weighted by Gasteiger charge is 2.33. The summed E-state index contributed by atoms with van der Waals surface area (Å²) >= 11 is 0. The van der Waals surface area contributed by atoms with Gasteiger partial charge in [-0.3, -0.25) is 9.59 Å². The predicted molar refractivity (Wildman–Crippen MR) is 50.4 cm³/mol. The molecule has 76 valence electrons. The lowest BCUT2D eigenvalue weighted by Gasteiger charge is -2.14. The summed E-state index contributed by atoms with van der Waals surface area (Å²) in [7, 11) is 0. The van der Waals surface area contributed by atoms with E-state index in [2.05, 4.69) is 5.92 Å². The average molecular weight is 195 g/mol. The van der Waals surface area contributed by atoms with Crippen LogP contribution in [0, 0.1) is 18.3 Å². The van der Waals surface area contributed by atoms with Gasteiger partial charge in [-0.15, -0.1) is 12.3 Å².